The normalized spacial score (nSPS) is 14.3. The second-order valence-electron chi connectivity index (χ2n) is 4.01. The van der Waals surface area contributed by atoms with E-state index >= 15 is 0 Å². The highest BCUT2D eigenvalue weighted by Crippen LogP contribution is 2.05. The van der Waals surface area contributed by atoms with Gasteiger partial charge in [0.1, 0.15) is 0 Å². The van der Waals surface area contributed by atoms with E-state index in [1.165, 1.54) is 0 Å². The summed E-state index contributed by atoms with van der Waals surface area (Å²) in [5, 5.41) is 11.4. The van der Waals surface area contributed by atoms with Crippen LogP contribution in [-0.4, -0.2) is 23.5 Å². The summed E-state index contributed by atoms with van der Waals surface area (Å²) >= 11 is 0. The van der Waals surface area contributed by atoms with Crippen LogP contribution in [0.3, 0.4) is 0 Å². The number of carboxylic acid groups (broad SMARTS) is 1. The first-order valence-electron chi connectivity index (χ1n) is 5.49. The Balaban J connectivity index is 3.67. The van der Waals surface area contributed by atoms with Crippen LogP contribution in [0.5, 0.6) is 0 Å². The molecule has 2 unspecified atom stereocenters. The number of hydrogen-bond acceptors (Lipinski definition) is 2. The zero-order chi connectivity index (χ0) is 11.8. The van der Waals surface area contributed by atoms with Crippen LogP contribution in [0, 0.1) is 11.8 Å². The molecule has 1 amide bonds. The third kappa shape index (κ3) is 6.10. The summed E-state index contributed by atoms with van der Waals surface area (Å²) in [5.74, 6) is -1.16. The second kappa shape index (κ2) is 7.26. The van der Waals surface area contributed by atoms with E-state index in [-0.39, 0.29) is 11.8 Å². The van der Waals surface area contributed by atoms with Crippen molar-refractivity contribution in [1.82, 2.24) is 5.32 Å². The van der Waals surface area contributed by atoms with Gasteiger partial charge in [-0.15, -0.1) is 0 Å². The first kappa shape index (κ1) is 13.9. The molecule has 88 valence electrons. The number of rotatable bonds is 7. The lowest BCUT2D eigenvalue weighted by molar-refractivity contribution is -0.141. The van der Waals surface area contributed by atoms with Crippen molar-refractivity contribution in [2.45, 2.75) is 40.0 Å². The first-order valence-corrected chi connectivity index (χ1v) is 5.49. The summed E-state index contributed by atoms with van der Waals surface area (Å²) in [5.41, 5.74) is 0. The summed E-state index contributed by atoms with van der Waals surface area (Å²) in [6, 6.07) is 0. The molecule has 0 aliphatic rings. The number of amides is 1. The molecule has 0 aromatic carbocycles. The zero-order valence-corrected chi connectivity index (χ0v) is 9.75. The lowest BCUT2D eigenvalue weighted by Crippen LogP contribution is -2.31. The molecule has 0 aliphatic heterocycles. The molecule has 2 N–H and O–H groups in total. The quantitative estimate of drug-likeness (QED) is 0.678. The molecule has 0 aromatic heterocycles. The monoisotopic (exact) mass is 215 g/mol. The van der Waals surface area contributed by atoms with Crippen molar-refractivity contribution in [3.05, 3.63) is 0 Å². The Bertz CT molecular complexity index is 216. The molecular formula is C11H21NO3. The van der Waals surface area contributed by atoms with Crippen molar-refractivity contribution in [2.75, 3.05) is 6.54 Å². The molecule has 0 rings (SSSR count). The molecule has 0 aromatic rings. The minimum atomic E-state index is -0.814. The lowest BCUT2D eigenvalue weighted by Gasteiger charge is -2.12. The van der Waals surface area contributed by atoms with E-state index in [0.29, 0.717) is 13.0 Å². The minimum Gasteiger partial charge on any atom is -0.481 e. The predicted molar refractivity (Wildman–Crippen MR) is 58.5 cm³/mol. The molecule has 0 bridgehead atoms. The average molecular weight is 215 g/mol. The Morgan fingerprint density at radius 3 is 2.27 bits per heavy atom. The molecule has 2 atom stereocenters. The van der Waals surface area contributed by atoms with Crippen LogP contribution in [0.25, 0.3) is 0 Å². The van der Waals surface area contributed by atoms with Crippen LogP contribution < -0.4 is 5.32 Å². The van der Waals surface area contributed by atoms with Gasteiger partial charge < -0.3 is 10.4 Å². The van der Waals surface area contributed by atoms with Crippen LogP contribution >= 0.6 is 0 Å². The third-order valence-electron chi connectivity index (χ3n) is 2.47. The minimum absolute atomic E-state index is 0.0226. The van der Waals surface area contributed by atoms with Crippen LogP contribution in [0.15, 0.2) is 0 Å². The zero-order valence-electron chi connectivity index (χ0n) is 9.75. The van der Waals surface area contributed by atoms with Gasteiger partial charge in [-0.05, 0) is 12.8 Å². The number of hydrogen-bond donors (Lipinski definition) is 2. The van der Waals surface area contributed by atoms with Gasteiger partial charge in [0.25, 0.3) is 0 Å². The topological polar surface area (TPSA) is 66.4 Å². The van der Waals surface area contributed by atoms with Gasteiger partial charge in [-0.1, -0.05) is 27.2 Å². The van der Waals surface area contributed by atoms with Crippen molar-refractivity contribution in [3.63, 3.8) is 0 Å². The van der Waals surface area contributed by atoms with E-state index in [2.05, 4.69) is 5.32 Å². The van der Waals surface area contributed by atoms with E-state index in [0.717, 1.165) is 12.8 Å². The van der Waals surface area contributed by atoms with E-state index in [1.807, 2.05) is 13.8 Å². The van der Waals surface area contributed by atoms with Gasteiger partial charge in [-0.2, -0.15) is 0 Å². The Morgan fingerprint density at radius 1 is 1.20 bits per heavy atom. The summed E-state index contributed by atoms with van der Waals surface area (Å²) in [6.45, 7) is 6.01. The highest BCUT2D eigenvalue weighted by molar-refractivity contribution is 5.78. The Labute approximate surface area is 91.1 Å². The third-order valence-corrected chi connectivity index (χ3v) is 2.47. The van der Waals surface area contributed by atoms with Crippen LogP contribution in [-0.2, 0) is 9.59 Å². The maximum atomic E-state index is 11.4. The molecule has 0 aliphatic carbocycles. The number of carbonyl (C=O) groups is 2. The molecule has 4 nitrogen and oxygen atoms in total. The number of carboxylic acids is 1. The number of nitrogens with one attached hydrogen (secondary N) is 1. The molecule has 0 heterocycles. The molecule has 4 heteroatoms. The molecule has 0 spiro atoms. The second-order valence-corrected chi connectivity index (χ2v) is 4.01. The van der Waals surface area contributed by atoms with Crippen LogP contribution in [0.2, 0.25) is 0 Å². The van der Waals surface area contributed by atoms with Gasteiger partial charge in [0.15, 0.2) is 0 Å². The molecule has 0 radical (unpaired) electrons. The summed E-state index contributed by atoms with van der Waals surface area (Å²) in [7, 11) is 0. The van der Waals surface area contributed by atoms with E-state index in [1.54, 1.807) is 6.92 Å². The molecule has 0 fully saturated rings. The first-order chi connectivity index (χ1) is 6.99. The molecule has 15 heavy (non-hydrogen) atoms. The summed E-state index contributed by atoms with van der Waals surface area (Å²) < 4.78 is 0. The Hall–Kier alpha value is -1.06. The Morgan fingerprint density at radius 2 is 1.80 bits per heavy atom. The van der Waals surface area contributed by atoms with Crippen molar-refractivity contribution >= 4 is 11.9 Å². The molecular weight excluding hydrogens is 194 g/mol. The maximum Gasteiger partial charge on any atom is 0.306 e. The smallest absolute Gasteiger partial charge is 0.306 e. The molecule has 0 saturated carbocycles. The van der Waals surface area contributed by atoms with Gasteiger partial charge in [-0.25, -0.2) is 0 Å². The van der Waals surface area contributed by atoms with Gasteiger partial charge in [-0.3, -0.25) is 9.59 Å². The van der Waals surface area contributed by atoms with Crippen LogP contribution in [0.4, 0.5) is 0 Å². The largest absolute Gasteiger partial charge is 0.481 e. The highest BCUT2D eigenvalue weighted by atomic mass is 16.4. The van der Waals surface area contributed by atoms with Crippen molar-refractivity contribution in [3.8, 4) is 0 Å². The summed E-state index contributed by atoms with van der Waals surface area (Å²) in [6.07, 6.45) is 2.35. The Kier molecular flexibility index (Phi) is 6.75. The number of carbonyl (C=O) groups excluding carboxylic acids is 1. The van der Waals surface area contributed by atoms with Gasteiger partial charge >= 0.3 is 5.97 Å². The maximum absolute atomic E-state index is 11.4. The predicted octanol–water partition coefficient (Wildman–Crippen LogP) is 1.65. The van der Waals surface area contributed by atoms with E-state index < -0.39 is 11.9 Å². The van der Waals surface area contributed by atoms with Gasteiger partial charge in [0.05, 0.1) is 5.92 Å². The highest BCUT2D eigenvalue weighted by Gasteiger charge is 2.13. The van der Waals surface area contributed by atoms with E-state index in [4.69, 9.17) is 5.11 Å². The fraction of sp³-hybridized carbons (Fsp3) is 0.818. The average Bonchev–Trinajstić information content (AvgIpc) is 2.17. The van der Waals surface area contributed by atoms with Crippen LogP contribution in [0.1, 0.15) is 40.0 Å². The van der Waals surface area contributed by atoms with Crippen molar-refractivity contribution in [1.29, 1.82) is 0 Å². The van der Waals surface area contributed by atoms with Crippen molar-refractivity contribution in [2.24, 2.45) is 11.8 Å². The lowest BCUT2D eigenvalue weighted by atomic mass is 10.0. The van der Waals surface area contributed by atoms with Gasteiger partial charge in [0.2, 0.25) is 5.91 Å². The van der Waals surface area contributed by atoms with Gasteiger partial charge in [0, 0.05) is 12.5 Å². The SMILES string of the molecule is CCCC(C)C(=O)NCCC(C)C(=O)O. The number of aliphatic carboxylic acids is 1. The standard InChI is InChI=1S/C11H21NO3/c1-4-5-8(2)10(13)12-7-6-9(3)11(14)15/h8-9H,4-7H2,1-3H3,(H,12,13)(H,14,15). The molecule has 0 saturated heterocycles. The summed E-state index contributed by atoms with van der Waals surface area (Å²) in [4.78, 5) is 21.9. The fourth-order valence-corrected chi connectivity index (χ4v) is 1.27. The fourth-order valence-electron chi connectivity index (χ4n) is 1.27. The van der Waals surface area contributed by atoms with Crippen molar-refractivity contribution < 1.29 is 14.7 Å². The van der Waals surface area contributed by atoms with E-state index in [9.17, 15) is 9.59 Å².